The first-order valence-electron chi connectivity index (χ1n) is 6.20. The minimum absolute atomic E-state index is 0.867. The molecule has 0 saturated carbocycles. The molecule has 0 amide bonds. The topological polar surface area (TPSA) is 29.0 Å². The van der Waals surface area contributed by atoms with Gasteiger partial charge in [0.05, 0.1) is 0 Å². The average Bonchev–Trinajstić information content (AvgIpc) is 2.83. The van der Waals surface area contributed by atoms with Crippen LogP contribution in [-0.2, 0) is 6.42 Å². The largest absolute Gasteiger partial charge is 0.354 e. The molecule has 0 bridgehead atoms. The maximum Gasteiger partial charge on any atom is 0.187 e. The molecule has 3 rings (SSSR count). The zero-order valence-electron chi connectivity index (χ0n) is 11.0. The molecule has 0 aliphatic rings. The van der Waals surface area contributed by atoms with E-state index in [0.717, 1.165) is 27.6 Å². The Labute approximate surface area is 116 Å². The van der Waals surface area contributed by atoms with Crippen molar-refractivity contribution in [1.82, 2.24) is 9.97 Å². The number of aromatic nitrogens is 2. The van der Waals surface area contributed by atoms with E-state index in [1.807, 2.05) is 25.1 Å². The Bertz CT molecular complexity index is 689. The van der Waals surface area contributed by atoms with Crippen LogP contribution in [0.4, 0.5) is 5.13 Å². The third kappa shape index (κ3) is 2.58. The third-order valence-electron chi connectivity index (χ3n) is 2.91. The lowest BCUT2D eigenvalue weighted by molar-refractivity contribution is 1.10. The van der Waals surface area contributed by atoms with Crippen molar-refractivity contribution in [2.75, 3.05) is 19.0 Å². The number of nitrogens with zero attached hydrogens (tertiary/aromatic N) is 3. The van der Waals surface area contributed by atoms with Gasteiger partial charge in [0.1, 0.15) is 10.3 Å². The Hall–Kier alpha value is -1.94. The van der Waals surface area contributed by atoms with Gasteiger partial charge in [-0.15, -0.1) is 0 Å². The standard InChI is InChI=1S/C15H15N3S/c1-18(2)15-17-13-9-8-12(16-14(13)19-15)10-11-6-4-3-5-7-11/h3-9H,10H2,1-2H3. The minimum atomic E-state index is 0.867. The number of rotatable bonds is 3. The van der Waals surface area contributed by atoms with Crippen LogP contribution in [-0.4, -0.2) is 24.1 Å². The van der Waals surface area contributed by atoms with Gasteiger partial charge in [-0.2, -0.15) is 0 Å². The van der Waals surface area contributed by atoms with Crippen molar-refractivity contribution < 1.29 is 0 Å². The molecule has 0 atom stereocenters. The first-order valence-corrected chi connectivity index (χ1v) is 7.02. The van der Waals surface area contributed by atoms with E-state index in [9.17, 15) is 0 Å². The van der Waals surface area contributed by atoms with Crippen molar-refractivity contribution in [1.29, 1.82) is 0 Å². The van der Waals surface area contributed by atoms with Crippen LogP contribution in [0.15, 0.2) is 42.5 Å². The zero-order chi connectivity index (χ0) is 13.2. The van der Waals surface area contributed by atoms with Crippen LogP contribution in [0.25, 0.3) is 10.3 Å². The average molecular weight is 269 g/mol. The van der Waals surface area contributed by atoms with Crippen LogP contribution < -0.4 is 4.90 Å². The van der Waals surface area contributed by atoms with Gasteiger partial charge in [0.25, 0.3) is 0 Å². The molecule has 3 aromatic rings. The summed E-state index contributed by atoms with van der Waals surface area (Å²) in [5.74, 6) is 0. The van der Waals surface area contributed by atoms with Crippen molar-refractivity contribution in [3.8, 4) is 0 Å². The molecular formula is C15H15N3S. The predicted molar refractivity (Wildman–Crippen MR) is 81.0 cm³/mol. The first kappa shape index (κ1) is 12.1. The second-order valence-corrected chi connectivity index (χ2v) is 5.64. The first-order chi connectivity index (χ1) is 9.22. The summed E-state index contributed by atoms with van der Waals surface area (Å²) in [7, 11) is 4.01. The molecule has 96 valence electrons. The Morgan fingerprint density at radius 2 is 1.79 bits per heavy atom. The van der Waals surface area contributed by atoms with Crippen molar-refractivity contribution >= 4 is 26.8 Å². The van der Waals surface area contributed by atoms with Gasteiger partial charge in [-0.05, 0) is 17.7 Å². The molecule has 0 radical (unpaired) electrons. The predicted octanol–water partition coefficient (Wildman–Crippen LogP) is 3.35. The molecule has 2 aromatic heterocycles. The van der Waals surface area contributed by atoms with Crippen molar-refractivity contribution in [2.24, 2.45) is 0 Å². The van der Waals surface area contributed by atoms with E-state index in [4.69, 9.17) is 4.98 Å². The normalized spacial score (nSPS) is 10.8. The number of hydrogen-bond donors (Lipinski definition) is 0. The molecule has 4 heteroatoms. The highest BCUT2D eigenvalue weighted by Crippen LogP contribution is 2.26. The van der Waals surface area contributed by atoms with E-state index in [1.54, 1.807) is 11.3 Å². The fraction of sp³-hybridized carbons (Fsp3) is 0.200. The lowest BCUT2D eigenvalue weighted by atomic mass is 10.1. The second-order valence-electron chi connectivity index (χ2n) is 4.68. The van der Waals surface area contributed by atoms with Crippen molar-refractivity contribution in [3.05, 3.63) is 53.7 Å². The summed E-state index contributed by atoms with van der Waals surface area (Å²) < 4.78 is 0. The Balaban J connectivity index is 1.93. The van der Waals surface area contributed by atoms with Gasteiger partial charge < -0.3 is 4.90 Å². The summed E-state index contributed by atoms with van der Waals surface area (Å²) >= 11 is 1.63. The molecule has 0 aliphatic carbocycles. The van der Waals surface area contributed by atoms with Crippen LogP contribution >= 0.6 is 11.3 Å². The fourth-order valence-corrected chi connectivity index (χ4v) is 2.82. The summed E-state index contributed by atoms with van der Waals surface area (Å²) in [6.45, 7) is 0. The smallest absolute Gasteiger partial charge is 0.187 e. The maximum atomic E-state index is 4.70. The molecule has 2 heterocycles. The Kier molecular flexibility index (Phi) is 3.17. The van der Waals surface area contributed by atoms with E-state index in [2.05, 4.69) is 41.4 Å². The molecule has 0 unspecified atom stereocenters. The van der Waals surface area contributed by atoms with Gasteiger partial charge in [0, 0.05) is 26.2 Å². The van der Waals surface area contributed by atoms with E-state index in [1.165, 1.54) is 5.56 Å². The van der Waals surface area contributed by atoms with Crippen LogP contribution in [0.2, 0.25) is 0 Å². The molecule has 1 aromatic carbocycles. The SMILES string of the molecule is CN(C)c1nc2ccc(Cc3ccccc3)nc2s1. The highest BCUT2D eigenvalue weighted by Gasteiger charge is 2.07. The number of anilines is 1. The van der Waals surface area contributed by atoms with Gasteiger partial charge >= 0.3 is 0 Å². The van der Waals surface area contributed by atoms with Crippen LogP contribution in [0.3, 0.4) is 0 Å². The Morgan fingerprint density at radius 1 is 1.00 bits per heavy atom. The molecule has 0 aliphatic heterocycles. The number of hydrogen-bond acceptors (Lipinski definition) is 4. The lowest BCUT2D eigenvalue weighted by Crippen LogP contribution is -2.07. The maximum absolute atomic E-state index is 4.70. The van der Waals surface area contributed by atoms with E-state index in [-0.39, 0.29) is 0 Å². The van der Waals surface area contributed by atoms with Crippen LogP contribution in [0.5, 0.6) is 0 Å². The highest BCUT2D eigenvalue weighted by molar-refractivity contribution is 7.21. The van der Waals surface area contributed by atoms with Crippen LogP contribution in [0, 0.1) is 0 Å². The number of thiazole rings is 1. The molecule has 3 nitrogen and oxygen atoms in total. The number of benzene rings is 1. The van der Waals surface area contributed by atoms with E-state index >= 15 is 0 Å². The quantitative estimate of drug-likeness (QED) is 0.730. The summed E-state index contributed by atoms with van der Waals surface area (Å²) in [5, 5.41) is 0.999. The monoisotopic (exact) mass is 269 g/mol. The third-order valence-corrected chi connectivity index (χ3v) is 4.05. The van der Waals surface area contributed by atoms with E-state index in [0.29, 0.717) is 0 Å². The number of pyridine rings is 1. The van der Waals surface area contributed by atoms with Crippen molar-refractivity contribution in [3.63, 3.8) is 0 Å². The van der Waals surface area contributed by atoms with Crippen LogP contribution in [0.1, 0.15) is 11.3 Å². The molecule has 0 N–H and O–H groups in total. The molecule has 19 heavy (non-hydrogen) atoms. The van der Waals surface area contributed by atoms with Gasteiger partial charge in [-0.25, -0.2) is 9.97 Å². The summed E-state index contributed by atoms with van der Waals surface area (Å²) in [4.78, 5) is 12.3. The van der Waals surface area contributed by atoms with Crippen molar-refractivity contribution in [2.45, 2.75) is 6.42 Å². The molecular weight excluding hydrogens is 254 g/mol. The van der Waals surface area contributed by atoms with Gasteiger partial charge in [0.15, 0.2) is 5.13 Å². The second kappa shape index (κ2) is 4.97. The molecule has 0 spiro atoms. The Morgan fingerprint density at radius 3 is 2.53 bits per heavy atom. The zero-order valence-corrected chi connectivity index (χ0v) is 11.8. The summed E-state index contributed by atoms with van der Waals surface area (Å²) in [6, 6.07) is 14.5. The molecule has 0 saturated heterocycles. The summed E-state index contributed by atoms with van der Waals surface area (Å²) in [6.07, 6.45) is 0.867. The van der Waals surface area contributed by atoms with Gasteiger partial charge in [-0.3, -0.25) is 0 Å². The van der Waals surface area contributed by atoms with Gasteiger partial charge in [-0.1, -0.05) is 41.7 Å². The fourth-order valence-electron chi connectivity index (χ4n) is 1.94. The van der Waals surface area contributed by atoms with E-state index < -0.39 is 0 Å². The summed E-state index contributed by atoms with van der Waals surface area (Å²) in [5.41, 5.74) is 3.35. The highest BCUT2D eigenvalue weighted by atomic mass is 32.1. The molecule has 0 fully saturated rings. The lowest BCUT2D eigenvalue weighted by Gasteiger charge is -2.04. The van der Waals surface area contributed by atoms with Gasteiger partial charge in [0.2, 0.25) is 0 Å². The number of fused-ring (bicyclic) bond motifs is 1. The minimum Gasteiger partial charge on any atom is -0.354 e.